The van der Waals surface area contributed by atoms with Crippen LogP contribution < -0.4 is 0 Å². The Morgan fingerprint density at radius 3 is 1.06 bits per heavy atom. The molecular weight excluding hydrogens is 1680 g/mol. The lowest BCUT2D eigenvalue weighted by atomic mass is 9.94. The van der Waals surface area contributed by atoms with Crippen molar-refractivity contribution in [2.24, 2.45) is 0 Å². The van der Waals surface area contributed by atoms with Gasteiger partial charge in [0.15, 0.2) is 80.3 Å². The highest BCUT2D eigenvalue weighted by molar-refractivity contribution is 6.76. The second-order valence-electron chi connectivity index (χ2n) is 31.7. The van der Waals surface area contributed by atoms with E-state index in [2.05, 4.69) is 19.6 Å². The van der Waals surface area contributed by atoms with Gasteiger partial charge in [0.05, 0.1) is 46.6 Å². The summed E-state index contributed by atoms with van der Waals surface area (Å²) in [5, 5.41) is 0. The van der Waals surface area contributed by atoms with E-state index in [0.29, 0.717) is 11.6 Å². The van der Waals surface area contributed by atoms with E-state index >= 15 is 19.2 Å². The number of carbonyl (C=O) groups excluding carboxylic acids is 12. The normalized spacial score (nSPS) is 28.7. The maximum Gasteiger partial charge on any atom is 0.338 e. The van der Waals surface area contributed by atoms with E-state index in [-0.39, 0.29) is 47.5 Å². The Bertz CT molecular complexity index is 4680. The summed E-state index contributed by atoms with van der Waals surface area (Å²) in [7, 11) is -2.04. The summed E-state index contributed by atoms with van der Waals surface area (Å²) < 4.78 is 150. The van der Waals surface area contributed by atoms with Gasteiger partial charge in [-0.1, -0.05) is 141 Å². The average molecular weight is 1790 g/mol. The molecule has 35 nitrogen and oxygen atoms in total. The smallest absolute Gasteiger partial charge is 0.338 e. The molecule has 36 heteroatoms. The number of rotatable bonds is 35. The van der Waals surface area contributed by atoms with E-state index in [0.717, 1.165) is 48.5 Å². The Labute approximate surface area is 733 Å². The zero-order chi connectivity index (χ0) is 91.2. The summed E-state index contributed by atoms with van der Waals surface area (Å²) in [5.41, 5.74) is 0.340. The van der Waals surface area contributed by atoms with Crippen LogP contribution in [0.15, 0.2) is 182 Å². The van der Waals surface area contributed by atoms with Crippen molar-refractivity contribution in [3.05, 3.63) is 215 Å². The molecule has 0 amide bonds. The van der Waals surface area contributed by atoms with Crippen molar-refractivity contribution >= 4 is 79.7 Å². The zero-order valence-electron chi connectivity index (χ0n) is 71.9. The van der Waals surface area contributed by atoms with Crippen LogP contribution in [0.4, 0.5) is 0 Å². The molecule has 0 N–H and O–H groups in total. The van der Waals surface area contributed by atoms with Gasteiger partial charge in [0.25, 0.3) is 0 Å². The third-order valence-corrected chi connectivity index (χ3v) is 22.3. The molecule has 0 saturated carbocycles. The summed E-state index contributed by atoms with van der Waals surface area (Å²) in [4.78, 5) is 169. The zero-order valence-corrected chi connectivity index (χ0v) is 72.9. The van der Waals surface area contributed by atoms with Crippen molar-refractivity contribution < 1.29 is 166 Å². The maximum atomic E-state index is 15.6. The average Bonchev–Trinajstić information content (AvgIpc) is 0.749. The Morgan fingerprint density at radius 2 is 0.614 bits per heavy atom. The molecule has 0 aromatic heterocycles. The van der Waals surface area contributed by atoms with Gasteiger partial charge in [-0.25, -0.2) is 24.0 Å². The molecule has 0 radical (unpaired) electrons. The van der Waals surface area contributed by atoms with Crippen LogP contribution in [0.2, 0.25) is 25.7 Å². The number of hydrogen-bond acceptors (Lipinski definition) is 35. The van der Waals surface area contributed by atoms with Gasteiger partial charge in [-0.15, -0.1) is 0 Å². The lowest BCUT2D eigenvalue weighted by Gasteiger charge is -2.52. The van der Waals surface area contributed by atoms with Gasteiger partial charge in [0, 0.05) is 69.6 Å². The lowest BCUT2D eigenvalue weighted by Crippen LogP contribution is -2.69. The van der Waals surface area contributed by atoms with Gasteiger partial charge >= 0.3 is 71.6 Å². The minimum atomic E-state index is -2.28. The van der Waals surface area contributed by atoms with Gasteiger partial charge < -0.3 is 109 Å². The van der Waals surface area contributed by atoms with E-state index < -0.39 is 247 Å². The van der Waals surface area contributed by atoms with Crippen LogP contribution in [0.1, 0.15) is 126 Å². The lowest BCUT2D eigenvalue weighted by molar-refractivity contribution is -0.406. The van der Waals surface area contributed by atoms with Crippen molar-refractivity contribution in [1.82, 2.24) is 0 Å². The first-order chi connectivity index (χ1) is 60.7. The molecule has 0 unspecified atom stereocenters. The fourth-order valence-electron chi connectivity index (χ4n) is 14.7. The highest BCUT2D eigenvalue weighted by Crippen LogP contribution is 2.43. The standard InChI is InChI=1S/C91H104O35Si/c1-50-65(111-54(5)94)45-66(112-55(6)95)87(109-50)124-76-72(114-57(8)97)68(48-106-53(4)93)118-91(81(76)126-89-78(107-46-59-31-19-13-20-32-59)75(115-58(9)98)71(113-56(7)96)67(117-89)47-105-52(3)92)123-70-51(2)110-90(80(122-86(103)64-41-29-18-30-42-64)74(70)120-84(101)62-37-25-16-26-38-62)125-77-73(119-83(100)61-35-23-15-24-36-61)69(49-108-82(99)60-33-21-14-22-34-60)116-88(104-43-44-127(10,11)12)79(77)121-85(102)63-39-27-17-28-40-63/h13-42,50-51,65-81,87-91H,43-49H2,1-12H3/t50-,51+,65-,66-,67-,68-,69-,70+,71+,72-,73+,74-,75+,76+,77+,78-,79-,80-,81+,87-,88-,89-,90+,91-/m1/s1. The van der Waals surface area contributed by atoms with Gasteiger partial charge in [-0.2, -0.15) is 0 Å². The first kappa shape index (κ1) is 96.4. The molecule has 0 spiro atoms. The minimum Gasteiger partial charge on any atom is -0.463 e. The fraction of sp³-hybridized carbons (Fsp3) is 0.473. The van der Waals surface area contributed by atoms with Crippen LogP contribution in [-0.2, 0) is 149 Å². The SMILES string of the molecule is CC(=O)OC[C@H]1O[C@H](O[C@@H]2[C@@H](O[C@@H]3[C@@H](OC(=O)c4ccccc4)[C@@H](OC(=O)c4ccccc4)[C@H](O[C@H]4[C@@H](OC(=O)c5ccccc5)[C@@H](COC(=O)c5ccccc5)O[C@@H](OCC[Si](C)(C)C)[C@@H]4OC(=O)c4ccccc4)O[C@H]3C)O[C@H](COC(C)=O)[C@@H](OC(C)=O)[C@@H]2O[C@H]2O[C@H](C)[C@H](OC(C)=O)C[C@H]2OC(C)=O)[C@H](OCc2ccccc2)[C@@H](OC(C)=O)[C@H]1OC(C)=O. The van der Waals surface area contributed by atoms with Crippen molar-refractivity contribution in [2.45, 2.75) is 248 Å². The van der Waals surface area contributed by atoms with Crippen molar-refractivity contribution in [2.75, 3.05) is 26.4 Å². The largest absolute Gasteiger partial charge is 0.463 e. The predicted octanol–water partition coefficient (Wildman–Crippen LogP) is 9.07. The second kappa shape index (κ2) is 45.4. The predicted molar refractivity (Wildman–Crippen MR) is 438 cm³/mol. The molecule has 682 valence electrons. The Morgan fingerprint density at radius 1 is 0.291 bits per heavy atom. The molecule has 5 fully saturated rings. The van der Waals surface area contributed by atoms with Gasteiger partial charge in [-0.05, 0) is 86.1 Å². The molecule has 6 aromatic rings. The quantitative estimate of drug-likeness (QED) is 0.0203. The molecule has 127 heavy (non-hydrogen) atoms. The van der Waals surface area contributed by atoms with E-state index in [1.54, 1.807) is 97.1 Å². The third-order valence-electron chi connectivity index (χ3n) is 20.6. The molecular formula is C91H104O35Si. The van der Waals surface area contributed by atoms with Crippen LogP contribution in [0.5, 0.6) is 0 Å². The molecule has 6 aromatic carbocycles. The monoisotopic (exact) mass is 1780 g/mol. The van der Waals surface area contributed by atoms with Gasteiger partial charge in [0.1, 0.15) is 74.8 Å². The number of hydrogen-bond donors (Lipinski definition) is 0. The molecule has 5 heterocycles. The summed E-state index contributed by atoms with van der Waals surface area (Å²) in [5.74, 6) is -11.6. The third kappa shape index (κ3) is 27.2. The molecule has 11 rings (SSSR count). The number of ether oxygens (including phenoxy) is 23. The first-order valence-electron chi connectivity index (χ1n) is 41.3. The highest BCUT2D eigenvalue weighted by atomic mass is 28.3. The minimum absolute atomic E-state index is 0.00139. The fourth-order valence-corrected chi connectivity index (χ4v) is 15.4. The van der Waals surface area contributed by atoms with Crippen LogP contribution >= 0.6 is 0 Å². The Hall–Kier alpha value is -11.3. The molecule has 0 aliphatic carbocycles. The Balaban J connectivity index is 1.13. The highest BCUT2D eigenvalue weighted by Gasteiger charge is 2.62. The van der Waals surface area contributed by atoms with Crippen LogP contribution in [0, 0.1) is 0 Å². The van der Waals surface area contributed by atoms with E-state index in [9.17, 15) is 38.4 Å². The molecule has 5 aliphatic rings. The molecule has 5 aliphatic heterocycles. The first-order valence-corrected chi connectivity index (χ1v) is 45.0. The number of esters is 12. The molecule has 24 atom stereocenters. The summed E-state index contributed by atoms with van der Waals surface area (Å²) >= 11 is 0. The van der Waals surface area contributed by atoms with E-state index in [4.69, 9.17) is 109 Å². The van der Waals surface area contributed by atoms with E-state index in [1.165, 1.54) is 98.8 Å². The summed E-state index contributed by atoms with van der Waals surface area (Å²) in [6, 6.07) is 47.1. The summed E-state index contributed by atoms with van der Waals surface area (Å²) in [6.45, 7) is 13.8. The topological polar surface area (TPSA) is 417 Å². The van der Waals surface area contributed by atoms with Crippen LogP contribution in [-0.4, -0.2) is 254 Å². The maximum absolute atomic E-state index is 15.6. The van der Waals surface area contributed by atoms with Crippen LogP contribution in [0.25, 0.3) is 0 Å². The second-order valence-corrected chi connectivity index (χ2v) is 37.3. The van der Waals surface area contributed by atoms with Crippen molar-refractivity contribution in [1.29, 1.82) is 0 Å². The van der Waals surface area contributed by atoms with Crippen molar-refractivity contribution in [3.63, 3.8) is 0 Å². The van der Waals surface area contributed by atoms with Crippen molar-refractivity contribution in [3.8, 4) is 0 Å². The summed E-state index contributed by atoms with van der Waals surface area (Å²) in [6.07, 6.45) is -44.7. The van der Waals surface area contributed by atoms with Gasteiger partial charge in [-0.3, -0.25) is 33.6 Å². The van der Waals surface area contributed by atoms with Gasteiger partial charge in [0.2, 0.25) is 0 Å². The molecule has 5 saturated heterocycles. The number of benzene rings is 6. The Kier molecular flexibility index (Phi) is 34.5. The van der Waals surface area contributed by atoms with E-state index in [1.807, 2.05) is 0 Å². The number of carbonyl (C=O) groups is 12. The van der Waals surface area contributed by atoms with Crippen LogP contribution in [0.3, 0.4) is 0 Å². The molecule has 0 bridgehead atoms.